The van der Waals surface area contributed by atoms with Gasteiger partial charge in [-0.15, -0.1) is 11.3 Å². The third-order valence-electron chi connectivity index (χ3n) is 3.02. The molecule has 0 radical (unpaired) electrons. The average Bonchev–Trinajstić information content (AvgIpc) is 2.71. The highest BCUT2D eigenvalue weighted by Gasteiger charge is 2.27. The summed E-state index contributed by atoms with van der Waals surface area (Å²) in [4.78, 5) is 5.47. The van der Waals surface area contributed by atoms with Gasteiger partial charge in [-0.3, -0.25) is 0 Å². The second-order valence-electron chi connectivity index (χ2n) is 4.35. The maximum Gasteiger partial charge on any atom is 0.155 e. The van der Waals surface area contributed by atoms with Crippen LogP contribution in [-0.2, 0) is 26.7 Å². The summed E-state index contributed by atoms with van der Waals surface area (Å²) in [5.74, 6) is 0.394. The van der Waals surface area contributed by atoms with Crippen LogP contribution in [0.5, 0.6) is 0 Å². The Hall–Kier alpha value is -0.500. The molecular weight excluding hydrogens is 260 g/mol. The normalized spacial score (nSPS) is 27.6. The van der Waals surface area contributed by atoms with Crippen LogP contribution < -0.4 is 5.32 Å². The number of aromatic nitrogens is 1. The number of rotatable bonds is 1. The summed E-state index contributed by atoms with van der Waals surface area (Å²) in [6.45, 7) is 2.18. The first-order chi connectivity index (χ1) is 8.14. The molecule has 1 N–H and O–H groups in total. The highest BCUT2D eigenvalue weighted by molar-refractivity contribution is 7.90. The van der Waals surface area contributed by atoms with Gasteiger partial charge >= 0.3 is 0 Å². The number of morpholine rings is 1. The van der Waals surface area contributed by atoms with Crippen LogP contribution >= 0.6 is 11.3 Å². The minimum atomic E-state index is -2.89. The minimum Gasteiger partial charge on any atom is -0.378 e. The van der Waals surface area contributed by atoms with Gasteiger partial charge in [0.15, 0.2) is 9.84 Å². The van der Waals surface area contributed by atoms with Crippen LogP contribution in [0.3, 0.4) is 0 Å². The van der Waals surface area contributed by atoms with Crippen molar-refractivity contribution in [3.63, 3.8) is 0 Å². The molecule has 0 aliphatic carbocycles. The molecule has 94 valence electrons. The lowest BCUT2D eigenvalue weighted by Gasteiger charge is -2.21. The van der Waals surface area contributed by atoms with Crippen LogP contribution in [0.15, 0.2) is 0 Å². The van der Waals surface area contributed by atoms with E-state index in [0.29, 0.717) is 13.0 Å². The van der Waals surface area contributed by atoms with Crippen molar-refractivity contribution in [3.8, 4) is 0 Å². The van der Waals surface area contributed by atoms with Crippen LogP contribution in [0.25, 0.3) is 0 Å². The van der Waals surface area contributed by atoms with E-state index in [2.05, 4.69) is 10.3 Å². The quantitative estimate of drug-likeness (QED) is 0.796. The van der Waals surface area contributed by atoms with E-state index in [9.17, 15) is 8.42 Å². The van der Waals surface area contributed by atoms with Gasteiger partial charge in [-0.05, 0) is 0 Å². The SMILES string of the molecule is O=S1(=O)CCc2nc(C3COCCN3)sc2C1. The van der Waals surface area contributed by atoms with Gasteiger partial charge in [0.25, 0.3) is 0 Å². The fourth-order valence-corrected chi connectivity index (χ4v) is 5.07. The van der Waals surface area contributed by atoms with E-state index in [1.165, 1.54) is 11.3 Å². The van der Waals surface area contributed by atoms with Crippen molar-refractivity contribution in [1.82, 2.24) is 10.3 Å². The first-order valence-electron chi connectivity index (χ1n) is 5.64. The maximum absolute atomic E-state index is 11.5. The van der Waals surface area contributed by atoms with Crippen molar-refractivity contribution in [1.29, 1.82) is 0 Å². The molecule has 1 saturated heterocycles. The molecule has 3 rings (SSSR count). The smallest absolute Gasteiger partial charge is 0.155 e. The molecular formula is C10H14N2O3S2. The first kappa shape index (κ1) is 11.6. The number of hydrogen-bond acceptors (Lipinski definition) is 6. The minimum absolute atomic E-state index is 0.127. The van der Waals surface area contributed by atoms with E-state index < -0.39 is 9.84 Å². The third-order valence-corrected chi connectivity index (χ3v) is 5.96. The molecule has 1 aromatic heterocycles. The molecule has 1 unspecified atom stereocenters. The Bertz CT molecular complexity index is 518. The summed E-state index contributed by atoms with van der Waals surface area (Å²) in [5, 5.41) is 4.30. The lowest BCUT2D eigenvalue weighted by atomic mass is 10.3. The molecule has 7 heteroatoms. The fourth-order valence-electron chi connectivity index (χ4n) is 2.11. The largest absolute Gasteiger partial charge is 0.378 e. The Morgan fingerprint density at radius 3 is 3.12 bits per heavy atom. The van der Waals surface area contributed by atoms with Gasteiger partial charge in [0, 0.05) is 17.8 Å². The summed E-state index contributed by atoms with van der Waals surface area (Å²) in [6, 6.07) is 0.127. The molecule has 5 nitrogen and oxygen atoms in total. The summed E-state index contributed by atoms with van der Waals surface area (Å²) in [7, 11) is -2.89. The molecule has 1 fully saturated rings. The maximum atomic E-state index is 11.5. The van der Waals surface area contributed by atoms with E-state index in [0.717, 1.165) is 28.7 Å². The molecule has 2 aliphatic rings. The third kappa shape index (κ3) is 2.37. The zero-order valence-electron chi connectivity index (χ0n) is 9.31. The van der Waals surface area contributed by atoms with E-state index in [1.54, 1.807) is 0 Å². The number of thiazole rings is 1. The zero-order valence-corrected chi connectivity index (χ0v) is 10.9. The molecule has 1 atom stereocenters. The Labute approximate surface area is 104 Å². The van der Waals surface area contributed by atoms with E-state index >= 15 is 0 Å². The molecule has 2 aliphatic heterocycles. The van der Waals surface area contributed by atoms with Gasteiger partial charge in [-0.2, -0.15) is 0 Å². The van der Waals surface area contributed by atoms with Gasteiger partial charge in [0.2, 0.25) is 0 Å². The zero-order chi connectivity index (χ0) is 11.9. The van der Waals surface area contributed by atoms with Crippen molar-refractivity contribution in [2.24, 2.45) is 0 Å². The van der Waals surface area contributed by atoms with E-state index in [-0.39, 0.29) is 17.5 Å². The second kappa shape index (κ2) is 4.31. The number of nitrogens with one attached hydrogen (secondary N) is 1. The van der Waals surface area contributed by atoms with Crippen LogP contribution in [0.4, 0.5) is 0 Å². The monoisotopic (exact) mass is 274 g/mol. The molecule has 0 bridgehead atoms. The van der Waals surface area contributed by atoms with Crippen molar-refractivity contribution in [3.05, 3.63) is 15.6 Å². The van der Waals surface area contributed by atoms with Gasteiger partial charge in [0.1, 0.15) is 5.01 Å². The van der Waals surface area contributed by atoms with Crippen LogP contribution in [0.2, 0.25) is 0 Å². The highest BCUT2D eigenvalue weighted by atomic mass is 32.2. The molecule has 1 aromatic rings. The summed E-state index contributed by atoms with van der Waals surface area (Å²) >= 11 is 1.51. The Morgan fingerprint density at radius 1 is 1.47 bits per heavy atom. The Kier molecular flexibility index (Phi) is 2.94. The lowest BCUT2D eigenvalue weighted by Crippen LogP contribution is -2.34. The Balaban J connectivity index is 1.86. The predicted molar refractivity (Wildman–Crippen MR) is 64.9 cm³/mol. The van der Waals surface area contributed by atoms with Crippen LogP contribution in [-0.4, -0.2) is 38.9 Å². The number of ether oxygens (including phenoxy) is 1. The van der Waals surface area contributed by atoms with Crippen molar-refractivity contribution < 1.29 is 13.2 Å². The number of fused-ring (bicyclic) bond motifs is 1. The Morgan fingerprint density at radius 2 is 2.35 bits per heavy atom. The topological polar surface area (TPSA) is 68.3 Å². The number of aryl methyl sites for hydroxylation is 1. The molecule has 0 amide bonds. The van der Waals surface area contributed by atoms with Gasteiger partial charge in [0.05, 0.1) is 36.5 Å². The van der Waals surface area contributed by atoms with E-state index in [4.69, 9.17) is 4.74 Å². The lowest BCUT2D eigenvalue weighted by molar-refractivity contribution is 0.0767. The van der Waals surface area contributed by atoms with Gasteiger partial charge < -0.3 is 10.1 Å². The highest BCUT2D eigenvalue weighted by Crippen LogP contribution is 2.30. The second-order valence-corrected chi connectivity index (χ2v) is 7.64. The molecule has 0 spiro atoms. The first-order valence-corrected chi connectivity index (χ1v) is 8.28. The molecule has 17 heavy (non-hydrogen) atoms. The number of sulfone groups is 1. The van der Waals surface area contributed by atoms with Crippen LogP contribution in [0.1, 0.15) is 21.6 Å². The standard InChI is InChI=1S/C10H14N2O3S2/c13-17(14)4-1-7-9(6-17)16-10(12-7)8-5-15-3-2-11-8/h8,11H,1-6H2. The van der Waals surface area contributed by atoms with Crippen molar-refractivity contribution in [2.75, 3.05) is 25.5 Å². The fraction of sp³-hybridized carbons (Fsp3) is 0.700. The van der Waals surface area contributed by atoms with Crippen LogP contribution in [0, 0.1) is 0 Å². The van der Waals surface area contributed by atoms with Gasteiger partial charge in [-0.1, -0.05) is 0 Å². The van der Waals surface area contributed by atoms with Crippen molar-refractivity contribution >= 4 is 21.2 Å². The number of hydrogen-bond donors (Lipinski definition) is 1. The van der Waals surface area contributed by atoms with Crippen molar-refractivity contribution in [2.45, 2.75) is 18.2 Å². The molecule has 0 saturated carbocycles. The molecule has 0 aromatic carbocycles. The molecule has 3 heterocycles. The predicted octanol–water partition coefficient (Wildman–Crippen LogP) is 0.275. The summed E-state index contributed by atoms with van der Waals surface area (Å²) in [5.41, 5.74) is 0.965. The summed E-state index contributed by atoms with van der Waals surface area (Å²) in [6.07, 6.45) is 0.557. The number of nitrogens with zero attached hydrogens (tertiary/aromatic N) is 1. The van der Waals surface area contributed by atoms with Gasteiger partial charge in [-0.25, -0.2) is 13.4 Å². The summed E-state index contributed by atoms with van der Waals surface area (Å²) < 4.78 is 28.5. The van der Waals surface area contributed by atoms with E-state index in [1.807, 2.05) is 0 Å². The average molecular weight is 274 g/mol.